The Labute approximate surface area is 175 Å². The highest BCUT2D eigenvalue weighted by Gasteiger charge is 2.49. The molecule has 4 rings (SSSR count). The zero-order valence-corrected chi connectivity index (χ0v) is 17.0. The van der Waals surface area contributed by atoms with Crippen molar-refractivity contribution in [1.29, 1.82) is 0 Å². The van der Waals surface area contributed by atoms with Gasteiger partial charge in [0.2, 0.25) is 5.91 Å². The summed E-state index contributed by atoms with van der Waals surface area (Å²) in [5.41, 5.74) is 0.945. The topological polar surface area (TPSA) is 52.6 Å². The second-order valence-corrected chi connectivity index (χ2v) is 8.66. The van der Waals surface area contributed by atoms with Crippen LogP contribution in [0.2, 0.25) is 5.02 Å². The lowest BCUT2D eigenvalue weighted by molar-refractivity contribution is -0.135. The van der Waals surface area contributed by atoms with E-state index in [2.05, 4.69) is 10.2 Å². The Morgan fingerprint density at radius 1 is 1.14 bits per heavy atom. The lowest BCUT2D eigenvalue weighted by atomic mass is 9.66. The molecule has 1 heterocycles. The average molecular weight is 417 g/mol. The Hall–Kier alpha value is -1.95. The van der Waals surface area contributed by atoms with Gasteiger partial charge in [0.15, 0.2) is 0 Å². The molecule has 2 aliphatic rings. The van der Waals surface area contributed by atoms with Gasteiger partial charge in [-0.15, -0.1) is 0 Å². The predicted octanol–water partition coefficient (Wildman–Crippen LogP) is 4.79. The fourth-order valence-electron chi connectivity index (χ4n) is 4.94. The molecule has 1 aliphatic heterocycles. The van der Waals surface area contributed by atoms with Crippen molar-refractivity contribution >= 4 is 23.2 Å². The van der Waals surface area contributed by atoms with E-state index in [-0.39, 0.29) is 30.2 Å². The van der Waals surface area contributed by atoms with Gasteiger partial charge in [-0.3, -0.25) is 9.69 Å². The first-order valence-electron chi connectivity index (χ1n) is 10.2. The number of benzene rings is 2. The number of carbonyl (C=O) groups is 1. The number of aliphatic hydroxyl groups is 1. The van der Waals surface area contributed by atoms with Crippen LogP contribution in [0.3, 0.4) is 0 Å². The van der Waals surface area contributed by atoms with E-state index in [0.717, 1.165) is 31.2 Å². The van der Waals surface area contributed by atoms with Gasteiger partial charge in [0.1, 0.15) is 5.82 Å². The molecule has 0 bridgehead atoms. The first kappa shape index (κ1) is 20.3. The predicted molar refractivity (Wildman–Crippen MR) is 112 cm³/mol. The molecule has 2 N–H and O–H groups in total. The van der Waals surface area contributed by atoms with Crippen molar-refractivity contribution in [3.63, 3.8) is 0 Å². The molecule has 2 fully saturated rings. The first-order chi connectivity index (χ1) is 13.9. The molecular weight excluding hydrogens is 391 g/mol. The number of nitrogens with zero attached hydrogens (tertiary/aromatic N) is 1. The van der Waals surface area contributed by atoms with Gasteiger partial charge in [0.25, 0.3) is 0 Å². The van der Waals surface area contributed by atoms with Gasteiger partial charge in [-0.05, 0) is 61.2 Å². The summed E-state index contributed by atoms with van der Waals surface area (Å²) in [6.07, 6.45) is 4.45. The highest BCUT2D eigenvalue weighted by molar-refractivity contribution is 6.30. The van der Waals surface area contributed by atoms with Gasteiger partial charge in [0, 0.05) is 29.2 Å². The van der Waals surface area contributed by atoms with Crippen LogP contribution in [-0.2, 0) is 4.79 Å². The third-order valence-electron chi connectivity index (χ3n) is 6.36. The molecule has 0 radical (unpaired) electrons. The average Bonchev–Trinajstić information content (AvgIpc) is 2.70. The summed E-state index contributed by atoms with van der Waals surface area (Å²) in [6, 6.07) is 13.4. The molecule has 29 heavy (non-hydrogen) atoms. The number of nitrogens with one attached hydrogen (secondary N) is 1. The third-order valence-corrected chi connectivity index (χ3v) is 6.61. The third kappa shape index (κ3) is 4.47. The van der Waals surface area contributed by atoms with Crippen molar-refractivity contribution in [3.05, 3.63) is 64.9 Å². The maximum Gasteiger partial charge on any atom is 0.238 e. The quantitative estimate of drug-likeness (QED) is 0.753. The summed E-state index contributed by atoms with van der Waals surface area (Å²) >= 11 is 5.91. The monoisotopic (exact) mass is 416 g/mol. The zero-order valence-electron chi connectivity index (χ0n) is 16.3. The van der Waals surface area contributed by atoms with Crippen molar-refractivity contribution in [2.75, 3.05) is 18.4 Å². The first-order valence-corrected chi connectivity index (χ1v) is 10.6. The number of fused-ring (bicyclic) bond motifs is 1. The Kier molecular flexibility index (Phi) is 5.91. The fourth-order valence-corrected chi connectivity index (χ4v) is 5.07. The molecule has 3 atom stereocenters. The van der Waals surface area contributed by atoms with Crippen LogP contribution in [0.5, 0.6) is 0 Å². The molecule has 0 spiro atoms. The molecule has 4 nitrogen and oxygen atoms in total. The SMILES string of the molecule is O=C(CN1CC[C@@]2(O)CCCC[C@H]2[C@H]1c1ccc(F)cc1)Nc1ccc(Cl)cc1. The van der Waals surface area contributed by atoms with Gasteiger partial charge in [-0.2, -0.15) is 0 Å². The number of rotatable bonds is 4. The molecule has 0 unspecified atom stereocenters. The van der Waals surface area contributed by atoms with E-state index >= 15 is 0 Å². The van der Waals surface area contributed by atoms with Gasteiger partial charge in [-0.25, -0.2) is 4.39 Å². The molecule has 154 valence electrons. The minimum atomic E-state index is -0.708. The lowest BCUT2D eigenvalue weighted by Crippen LogP contribution is -2.56. The normalized spacial score (nSPS) is 27.3. The van der Waals surface area contributed by atoms with Crippen LogP contribution in [0.1, 0.15) is 43.7 Å². The summed E-state index contributed by atoms with van der Waals surface area (Å²) in [4.78, 5) is 14.9. The Bertz CT molecular complexity index is 858. The minimum absolute atomic E-state index is 0.0405. The van der Waals surface area contributed by atoms with Gasteiger partial charge in [0.05, 0.1) is 12.1 Å². The number of likely N-dealkylation sites (tertiary alicyclic amines) is 1. The highest BCUT2D eigenvalue weighted by atomic mass is 35.5. The summed E-state index contributed by atoms with van der Waals surface area (Å²) in [7, 11) is 0. The summed E-state index contributed by atoms with van der Waals surface area (Å²) in [5.74, 6) is -0.352. The van der Waals surface area contributed by atoms with E-state index in [0.29, 0.717) is 23.7 Å². The lowest BCUT2D eigenvalue weighted by Gasteiger charge is -2.52. The van der Waals surface area contributed by atoms with E-state index in [1.165, 1.54) is 12.1 Å². The van der Waals surface area contributed by atoms with Crippen molar-refractivity contribution in [1.82, 2.24) is 4.90 Å². The number of anilines is 1. The second-order valence-electron chi connectivity index (χ2n) is 8.23. The summed E-state index contributed by atoms with van der Waals surface area (Å²) in [6.45, 7) is 0.848. The summed E-state index contributed by atoms with van der Waals surface area (Å²) in [5, 5.41) is 14.8. The van der Waals surface area contributed by atoms with E-state index in [1.54, 1.807) is 36.4 Å². The molecule has 6 heteroatoms. The van der Waals surface area contributed by atoms with Crippen LogP contribution in [0.25, 0.3) is 0 Å². The standard InChI is InChI=1S/C23H26ClFN2O2/c24-17-6-10-19(11-7-17)26-21(28)15-27-14-13-23(29)12-2-1-3-20(23)22(27)16-4-8-18(25)9-5-16/h4-11,20,22,29H,1-3,12-15H2,(H,26,28)/t20-,22+,23-/m0/s1. The minimum Gasteiger partial charge on any atom is -0.389 e. The Morgan fingerprint density at radius 3 is 2.59 bits per heavy atom. The molecule has 1 amide bonds. The largest absolute Gasteiger partial charge is 0.389 e. The van der Waals surface area contributed by atoms with E-state index in [1.807, 2.05) is 0 Å². The molecular formula is C23H26ClFN2O2. The number of halogens is 2. The van der Waals surface area contributed by atoms with Crippen molar-refractivity contribution < 1.29 is 14.3 Å². The Balaban J connectivity index is 1.56. The number of piperidine rings is 1. The van der Waals surface area contributed by atoms with Crippen LogP contribution < -0.4 is 5.32 Å². The molecule has 1 saturated heterocycles. The second kappa shape index (κ2) is 8.42. The molecule has 1 aliphatic carbocycles. The maximum atomic E-state index is 13.5. The maximum absolute atomic E-state index is 13.5. The van der Waals surface area contributed by atoms with Gasteiger partial charge in [-0.1, -0.05) is 36.6 Å². The molecule has 1 saturated carbocycles. The van der Waals surface area contributed by atoms with Gasteiger partial charge < -0.3 is 10.4 Å². The van der Waals surface area contributed by atoms with E-state index in [4.69, 9.17) is 11.6 Å². The van der Waals surface area contributed by atoms with Crippen molar-refractivity contribution in [3.8, 4) is 0 Å². The Morgan fingerprint density at radius 2 is 1.86 bits per heavy atom. The van der Waals surface area contributed by atoms with Gasteiger partial charge >= 0.3 is 0 Å². The zero-order chi connectivity index (χ0) is 20.4. The van der Waals surface area contributed by atoms with Crippen LogP contribution in [0.15, 0.2) is 48.5 Å². The van der Waals surface area contributed by atoms with Crippen molar-refractivity contribution in [2.24, 2.45) is 5.92 Å². The van der Waals surface area contributed by atoms with Crippen molar-refractivity contribution in [2.45, 2.75) is 43.7 Å². The number of amides is 1. The fraction of sp³-hybridized carbons (Fsp3) is 0.435. The number of hydrogen-bond donors (Lipinski definition) is 2. The number of carbonyl (C=O) groups excluding carboxylic acids is 1. The highest BCUT2D eigenvalue weighted by Crippen LogP contribution is 2.49. The van der Waals surface area contributed by atoms with E-state index in [9.17, 15) is 14.3 Å². The number of hydrogen-bond acceptors (Lipinski definition) is 3. The molecule has 2 aromatic carbocycles. The van der Waals surface area contributed by atoms with Crippen LogP contribution in [0, 0.1) is 11.7 Å². The summed E-state index contributed by atoms with van der Waals surface area (Å²) < 4.78 is 13.5. The molecule has 2 aromatic rings. The smallest absolute Gasteiger partial charge is 0.238 e. The van der Waals surface area contributed by atoms with Crippen LogP contribution in [-0.4, -0.2) is 34.6 Å². The molecule has 0 aromatic heterocycles. The van der Waals surface area contributed by atoms with Crippen LogP contribution in [0.4, 0.5) is 10.1 Å². The van der Waals surface area contributed by atoms with Crippen LogP contribution >= 0.6 is 11.6 Å². The van der Waals surface area contributed by atoms with E-state index < -0.39 is 5.60 Å².